The first-order chi connectivity index (χ1) is 12.6. The van der Waals surface area contributed by atoms with Gasteiger partial charge in [-0.2, -0.15) is 0 Å². The van der Waals surface area contributed by atoms with Gasteiger partial charge in [0, 0.05) is 12.5 Å². The second-order valence-electron chi connectivity index (χ2n) is 6.11. The number of fused-ring (bicyclic) bond motifs is 3. The number of thioether (sulfide) groups is 1. The second kappa shape index (κ2) is 6.49. The maximum absolute atomic E-state index is 12.9. The largest absolute Gasteiger partial charge is 0.302 e. The zero-order chi connectivity index (χ0) is 18.3. The van der Waals surface area contributed by atoms with Crippen molar-refractivity contribution in [3.05, 3.63) is 65.7 Å². The maximum atomic E-state index is 12.9. The molecule has 2 aromatic rings. The second-order valence-corrected chi connectivity index (χ2v) is 6.91. The molecule has 0 saturated carbocycles. The molecule has 2 aliphatic rings. The van der Waals surface area contributed by atoms with Gasteiger partial charge in [0.05, 0.1) is 5.69 Å². The van der Waals surface area contributed by atoms with Crippen LogP contribution in [0.15, 0.2) is 59.7 Å². The summed E-state index contributed by atoms with van der Waals surface area (Å²) < 4.78 is 0. The highest BCUT2D eigenvalue weighted by atomic mass is 32.2. The molecule has 0 saturated heterocycles. The van der Waals surface area contributed by atoms with E-state index in [4.69, 9.17) is 0 Å². The van der Waals surface area contributed by atoms with Crippen molar-refractivity contribution in [2.24, 2.45) is 5.10 Å². The van der Waals surface area contributed by atoms with Gasteiger partial charge in [-0.1, -0.05) is 60.3 Å². The Balaban J connectivity index is 1.98. The van der Waals surface area contributed by atoms with Gasteiger partial charge in [0.25, 0.3) is 5.91 Å². The first-order valence-corrected chi connectivity index (χ1v) is 9.49. The predicted molar refractivity (Wildman–Crippen MR) is 102 cm³/mol. The van der Waals surface area contributed by atoms with E-state index in [0.717, 1.165) is 16.8 Å². The zero-order valence-corrected chi connectivity index (χ0v) is 15.2. The van der Waals surface area contributed by atoms with Crippen molar-refractivity contribution in [2.75, 3.05) is 11.2 Å². The van der Waals surface area contributed by atoms with E-state index in [1.807, 2.05) is 60.9 Å². The highest BCUT2D eigenvalue weighted by Crippen LogP contribution is 2.46. The molecule has 0 unspecified atom stereocenters. The molecular weight excluding hydrogens is 348 g/mol. The van der Waals surface area contributed by atoms with Crippen LogP contribution in [0, 0.1) is 0 Å². The fourth-order valence-electron chi connectivity index (χ4n) is 3.51. The average Bonchev–Trinajstić information content (AvgIpc) is 2.66. The van der Waals surface area contributed by atoms with Crippen molar-refractivity contribution < 1.29 is 9.59 Å². The number of nitrogens with one attached hydrogen (secondary N) is 1. The Morgan fingerprint density at radius 1 is 1.12 bits per heavy atom. The van der Waals surface area contributed by atoms with E-state index in [-0.39, 0.29) is 11.8 Å². The normalized spacial score (nSPS) is 21.5. The van der Waals surface area contributed by atoms with Gasteiger partial charge in [0.1, 0.15) is 0 Å². The van der Waals surface area contributed by atoms with E-state index in [9.17, 15) is 9.59 Å². The summed E-state index contributed by atoms with van der Waals surface area (Å²) in [7, 11) is 0. The summed E-state index contributed by atoms with van der Waals surface area (Å²) in [4.78, 5) is 27.2. The van der Waals surface area contributed by atoms with E-state index in [2.05, 4.69) is 10.4 Å². The van der Waals surface area contributed by atoms with Crippen LogP contribution >= 0.6 is 11.8 Å². The molecule has 132 valence electrons. The molecule has 2 aliphatic heterocycles. The van der Waals surface area contributed by atoms with E-state index in [0.29, 0.717) is 5.17 Å². The van der Waals surface area contributed by atoms with E-state index < -0.39 is 12.2 Å². The number of carbonyl (C=O) groups excluding carboxylic acids is 2. The first-order valence-electron chi connectivity index (χ1n) is 8.27. The van der Waals surface area contributed by atoms with Crippen molar-refractivity contribution in [1.82, 2.24) is 10.3 Å². The summed E-state index contributed by atoms with van der Waals surface area (Å²) in [6.45, 7) is 1.54. The Labute approximate surface area is 155 Å². The quantitative estimate of drug-likeness (QED) is 0.843. The third kappa shape index (κ3) is 2.55. The zero-order valence-electron chi connectivity index (χ0n) is 14.4. The van der Waals surface area contributed by atoms with E-state index in [1.54, 1.807) is 9.91 Å². The van der Waals surface area contributed by atoms with Crippen molar-refractivity contribution in [3.8, 4) is 0 Å². The van der Waals surface area contributed by atoms with Crippen molar-refractivity contribution in [2.45, 2.75) is 19.1 Å². The lowest BCUT2D eigenvalue weighted by atomic mass is 9.95. The van der Waals surface area contributed by atoms with Crippen LogP contribution in [0.2, 0.25) is 0 Å². The lowest BCUT2D eigenvalue weighted by Crippen LogP contribution is -2.55. The minimum Gasteiger partial charge on any atom is -0.302 e. The van der Waals surface area contributed by atoms with Gasteiger partial charge < -0.3 is 5.32 Å². The number of rotatable bonds is 1. The number of amidine groups is 1. The molecule has 4 rings (SSSR count). The van der Waals surface area contributed by atoms with Gasteiger partial charge in [-0.25, -0.2) is 0 Å². The van der Waals surface area contributed by atoms with Crippen molar-refractivity contribution >= 4 is 34.4 Å². The van der Waals surface area contributed by atoms with Crippen LogP contribution in [0.25, 0.3) is 0 Å². The lowest BCUT2D eigenvalue weighted by Gasteiger charge is -2.48. The van der Waals surface area contributed by atoms with Crippen LogP contribution in [-0.4, -0.2) is 28.2 Å². The van der Waals surface area contributed by atoms with Gasteiger partial charge in [-0.3, -0.25) is 19.5 Å². The van der Waals surface area contributed by atoms with Crippen LogP contribution in [0.1, 0.15) is 30.3 Å². The fourth-order valence-corrected chi connectivity index (χ4v) is 3.89. The minimum absolute atomic E-state index is 0.100. The number of carbonyl (C=O) groups is 2. The fraction of sp³-hybridized carbons (Fsp3) is 0.211. The van der Waals surface area contributed by atoms with Crippen LogP contribution in [0.5, 0.6) is 0 Å². The standard InChI is InChI=1S/C19H18N4O2S/c1-12(24)22-15-11-7-6-10-14(15)16-17(25)20-19(26-2)21-23(16)18(22)13-8-4-3-5-9-13/h3-11,16,18H,1-2H3,(H,20,21,25)/t16-,18+/m0/s1. The summed E-state index contributed by atoms with van der Waals surface area (Å²) in [5.41, 5.74) is 2.42. The highest BCUT2D eigenvalue weighted by molar-refractivity contribution is 8.13. The molecule has 0 aliphatic carbocycles. The Hall–Kier alpha value is -2.80. The Kier molecular flexibility index (Phi) is 4.16. The number of anilines is 1. The summed E-state index contributed by atoms with van der Waals surface area (Å²) in [6, 6.07) is 16.6. The molecule has 2 atom stereocenters. The van der Waals surface area contributed by atoms with Gasteiger partial charge in [0.2, 0.25) is 5.91 Å². The summed E-state index contributed by atoms with van der Waals surface area (Å²) >= 11 is 1.37. The molecule has 0 aromatic heterocycles. The number of hydrogen-bond acceptors (Lipinski definition) is 5. The SMILES string of the molecule is CSC1=NN2[C@H](C(=O)N1)c1ccccc1N(C(C)=O)[C@H]2c1ccccc1. The molecule has 1 N–H and O–H groups in total. The molecule has 0 radical (unpaired) electrons. The van der Waals surface area contributed by atoms with Crippen molar-refractivity contribution in [3.63, 3.8) is 0 Å². The number of para-hydroxylation sites is 1. The molecule has 26 heavy (non-hydrogen) atoms. The monoisotopic (exact) mass is 366 g/mol. The molecule has 2 amide bonds. The third-order valence-electron chi connectivity index (χ3n) is 4.57. The Morgan fingerprint density at radius 2 is 1.81 bits per heavy atom. The van der Waals surface area contributed by atoms with Gasteiger partial charge in [-0.15, -0.1) is 5.10 Å². The van der Waals surface area contributed by atoms with Crippen LogP contribution in [0.4, 0.5) is 5.69 Å². The summed E-state index contributed by atoms with van der Waals surface area (Å²) in [6.07, 6.45) is 1.37. The molecule has 2 heterocycles. The number of nitrogens with zero attached hydrogens (tertiary/aromatic N) is 3. The molecule has 0 bridgehead atoms. The van der Waals surface area contributed by atoms with Gasteiger partial charge in [-0.05, 0) is 17.9 Å². The maximum Gasteiger partial charge on any atom is 0.255 e. The predicted octanol–water partition coefficient (Wildman–Crippen LogP) is 2.86. The van der Waals surface area contributed by atoms with Crippen LogP contribution in [0.3, 0.4) is 0 Å². The summed E-state index contributed by atoms with van der Waals surface area (Å²) in [5, 5.41) is 9.76. The summed E-state index contributed by atoms with van der Waals surface area (Å²) in [5.74, 6) is -0.238. The number of amides is 2. The van der Waals surface area contributed by atoms with E-state index >= 15 is 0 Å². The molecule has 2 aromatic carbocycles. The van der Waals surface area contributed by atoms with Crippen LogP contribution < -0.4 is 10.2 Å². The number of hydrogen-bond donors (Lipinski definition) is 1. The molecule has 0 fully saturated rings. The van der Waals surface area contributed by atoms with Gasteiger partial charge >= 0.3 is 0 Å². The smallest absolute Gasteiger partial charge is 0.255 e. The highest BCUT2D eigenvalue weighted by Gasteiger charge is 2.46. The topological polar surface area (TPSA) is 65.0 Å². The Bertz CT molecular complexity index is 899. The lowest BCUT2D eigenvalue weighted by molar-refractivity contribution is -0.129. The first kappa shape index (κ1) is 16.7. The molecule has 6 nitrogen and oxygen atoms in total. The Morgan fingerprint density at radius 3 is 2.50 bits per heavy atom. The minimum atomic E-state index is -0.581. The van der Waals surface area contributed by atoms with E-state index in [1.165, 1.54) is 18.7 Å². The van der Waals surface area contributed by atoms with Crippen molar-refractivity contribution in [1.29, 1.82) is 0 Å². The number of benzene rings is 2. The molecular formula is C19H18N4O2S. The number of hydrazone groups is 1. The average molecular weight is 366 g/mol. The third-order valence-corrected chi connectivity index (χ3v) is 5.14. The molecule has 0 spiro atoms. The van der Waals surface area contributed by atoms with Crippen LogP contribution in [-0.2, 0) is 9.59 Å². The van der Waals surface area contributed by atoms with Gasteiger partial charge in [0.15, 0.2) is 17.4 Å². The molecule has 7 heteroatoms.